The molecule has 0 amide bonds. The first-order valence-corrected chi connectivity index (χ1v) is 11.8. The van der Waals surface area contributed by atoms with E-state index in [2.05, 4.69) is 58.7 Å². The van der Waals surface area contributed by atoms with Gasteiger partial charge < -0.3 is 10.1 Å². The molecular weight excluding hydrogens is 437 g/mol. The molecule has 0 saturated carbocycles. The van der Waals surface area contributed by atoms with Gasteiger partial charge in [-0.2, -0.15) is 13.2 Å². The van der Waals surface area contributed by atoms with E-state index in [1.165, 1.54) is 30.4 Å². The molecule has 2 saturated heterocycles. The molecule has 178 valence electrons. The third-order valence-electron chi connectivity index (χ3n) is 7.35. The topological polar surface area (TPSA) is 24.5 Å². The molecule has 0 spiro atoms. The van der Waals surface area contributed by atoms with Gasteiger partial charge in [-0.25, -0.2) is 0 Å². The predicted octanol–water partition coefficient (Wildman–Crippen LogP) is 5.71. The summed E-state index contributed by atoms with van der Waals surface area (Å²) < 4.78 is 45.4. The van der Waals surface area contributed by atoms with E-state index in [1.807, 2.05) is 12.1 Å². The summed E-state index contributed by atoms with van der Waals surface area (Å²) in [4.78, 5) is 2.55. The summed E-state index contributed by atoms with van der Waals surface area (Å²) in [5, 5.41) is 3.66. The molecule has 2 heterocycles. The second-order valence-electron chi connectivity index (χ2n) is 9.26. The molecule has 3 aromatic rings. The zero-order valence-corrected chi connectivity index (χ0v) is 19.1. The van der Waals surface area contributed by atoms with Crippen molar-refractivity contribution < 1.29 is 17.9 Å². The fourth-order valence-electron chi connectivity index (χ4n) is 5.82. The van der Waals surface area contributed by atoms with Gasteiger partial charge in [-0.1, -0.05) is 60.7 Å². The number of nitrogens with zero attached hydrogens (tertiary/aromatic N) is 1. The second-order valence-corrected chi connectivity index (χ2v) is 9.26. The maximum absolute atomic E-state index is 13.3. The summed E-state index contributed by atoms with van der Waals surface area (Å²) in [5.74, 6) is 1.12. The fourth-order valence-corrected chi connectivity index (χ4v) is 5.82. The Kier molecular flexibility index (Phi) is 6.36. The number of fused-ring (bicyclic) bond motifs is 2. The van der Waals surface area contributed by atoms with Crippen LogP contribution >= 0.6 is 0 Å². The number of nitrogens with one attached hydrogen (secondary N) is 1. The van der Waals surface area contributed by atoms with Crippen molar-refractivity contribution >= 4 is 0 Å². The summed E-state index contributed by atoms with van der Waals surface area (Å²) in [6.45, 7) is 2.39. The normalized spacial score (nSPS) is 24.0. The number of ether oxygens (including phenoxy) is 1. The lowest BCUT2D eigenvalue weighted by molar-refractivity contribution is -0.137. The predicted molar refractivity (Wildman–Crippen MR) is 127 cm³/mol. The van der Waals surface area contributed by atoms with Crippen molar-refractivity contribution in [2.75, 3.05) is 20.2 Å². The third kappa shape index (κ3) is 4.44. The molecule has 0 radical (unpaired) electrons. The number of halogens is 3. The standard InChI is InChI=1S/C28H29F3N2O/c1-34-24-13-12-23(28(29,30)31)16-22(24)17-32-26-21-14-15-33(18-21)27(26)25(19-8-4-2-5-9-19)20-10-6-3-7-11-20/h2-13,16,21,25-27,32H,14-15,17-18H2,1H3. The number of hydrogen-bond acceptors (Lipinski definition) is 3. The quantitative estimate of drug-likeness (QED) is 0.483. The Bertz CT molecular complexity index is 1060. The largest absolute Gasteiger partial charge is 0.496 e. The lowest BCUT2D eigenvalue weighted by Gasteiger charge is -2.39. The highest BCUT2D eigenvalue weighted by Crippen LogP contribution is 2.43. The molecule has 5 rings (SSSR count). The smallest absolute Gasteiger partial charge is 0.416 e. The first-order valence-electron chi connectivity index (χ1n) is 11.8. The Balaban J connectivity index is 1.46. The van der Waals surface area contributed by atoms with Crippen LogP contribution < -0.4 is 10.1 Å². The van der Waals surface area contributed by atoms with E-state index in [-0.39, 0.29) is 18.0 Å². The molecule has 2 bridgehead atoms. The van der Waals surface area contributed by atoms with Gasteiger partial charge in [0.25, 0.3) is 0 Å². The zero-order chi connectivity index (χ0) is 23.7. The molecule has 2 fully saturated rings. The van der Waals surface area contributed by atoms with Crippen LogP contribution in [0.2, 0.25) is 0 Å². The van der Waals surface area contributed by atoms with Gasteiger partial charge in [0.1, 0.15) is 5.75 Å². The molecular formula is C28H29F3N2O. The van der Waals surface area contributed by atoms with Crippen LogP contribution in [0.15, 0.2) is 78.9 Å². The summed E-state index contributed by atoms with van der Waals surface area (Å²) >= 11 is 0. The van der Waals surface area contributed by atoms with Crippen LogP contribution in [-0.2, 0) is 12.7 Å². The highest BCUT2D eigenvalue weighted by atomic mass is 19.4. The highest BCUT2D eigenvalue weighted by molar-refractivity contribution is 5.39. The highest BCUT2D eigenvalue weighted by Gasteiger charge is 2.49. The second kappa shape index (κ2) is 9.43. The first kappa shape index (κ1) is 22.9. The van der Waals surface area contributed by atoms with Gasteiger partial charge >= 0.3 is 6.18 Å². The van der Waals surface area contributed by atoms with Gasteiger partial charge in [-0.3, -0.25) is 4.90 Å². The van der Waals surface area contributed by atoms with Crippen molar-refractivity contribution in [2.24, 2.45) is 5.92 Å². The molecule has 6 heteroatoms. The summed E-state index contributed by atoms with van der Waals surface area (Å²) in [6, 6.07) is 25.2. The van der Waals surface area contributed by atoms with E-state index in [0.29, 0.717) is 23.8 Å². The van der Waals surface area contributed by atoms with Crippen LogP contribution in [0.4, 0.5) is 13.2 Å². The molecule has 2 aliphatic rings. The van der Waals surface area contributed by atoms with Crippen molar-refractivity contribution in [3.63, 3.8) is 0 Å². The molecule has 34 heavy (non-hydrogen) atoms. The number of rotatable bonds is 7. The SMILES string of the molecule is COc1ccc(C(F)(F)F)cc1CNC1C2CCN(C2)C1C(c1ccccc1)c1ccccc1. The average molecular weight is 467 g/mol. The maximum Gasteiger partial charge on any atom is 0.416 e. The molecule has 4 atom stereocenters. The Labute approximate surface area is 198 Å². The lowest BCUT2D eigenvalue weighted by Crippen LogP contribution is -2.51. The molecule has 0 aromatic heterocycles. The lowest BCUT2D eigenvalue weighted by atomic mass is 9.78. The van der Waals surface area contributed by atoms with Crippen molar-refractivity contribution in [3.8, 4) is 5.75 Å². The Morgan fingerprint density at radius 2 is 1.62 bits per heavy atom. The third-order valence-corrected chi connectivity index (χ3v) is 7.35. The van der Waals surface area contributed by atoms with Gasteiger partial charge in [-0.15, -0.1) is 0 Å². The van der Waals surface area contributed by atoms with Gasteiger partial charge in [0.2, 0.25) is 0 Å². The number of methoxy groups -OCH3 is 1. The maximum atomic E-state index is 13.3. The minimum atomic E-state index is -4.38. The number of benzene rings is 3. The van der Waals surface area contributed by atoms with E-state index in [1.54, 1.807) is 0 Å². The van der Waals surface area contributed by atoms with Crippen LogP contribution in [-0.4, -0.2) is 37.2 Å². The Hall–Kier alpha value is -2.83. The van der Waals surface area contributed by atoms with Crippen molar-refractivity contribution in [1.82, 2.24) is 10.2 Å². The molecule has 3 nitrogen and oxygen atoms in total. The summed E-state index contributed by atoms with van der Waals surface area (Å²) in [6.07, 6.45) is -3.28. The van der Waals surface area contributed by atoms with E-state index in [9.17, 15) is 13.2 Å². The van der Waals surface area contributed by atoms with Crippen LogP contribution in [0.5, 0.6) is 5.75 Å². The Morgan fingerprint density at radius 1 is 0.971 bits per heavy atom. The fraction of sp³-hybridized carbons (Fsp3) is 0.357. The van der Waals surface area contributed by atoms with Crippen molar-refractivity contribution in [1.29, 1.82) is 0 Å². The molecule has 0 aliphatic carbocycles. The minimum Gasteiger partial charge on any atom is -0.496 e. The van der Waals surface area contributed by atoms with E-state index >= 15 is 0 Å². The Morgan fingerprint density at radius 3 is 2.21 bits per heavy atom. The van der Waals surface area contributed by atoms with Crippen molar-refractivity contribution in [3.05, 3.63) is 101 Å². The first-order chi connectivity index (χ1) is 16.5. The summed E-state index contributed by atoms with van der Waals surface area (Å²) in [5.41, 5.74) is 2.40. The zero-order valence-electron chi connectivity index (χ0n) is 19.1. The van der Waals surface area contributed by atoms with Gasteiger partial charge in [0.05, 0.1) is 12.7 Å². The van der Waals surface area contributed by atoms with E-state index in [4.69, 9.17) is 4.74 Å². The van der Waals surface area contributed by atoms with Crippen LogP contribution in [0.25, 0.3) is 0 Å². The van der Waals surface area contributed by atoms with Crippen LogP contribution in [0.1, 0.15) is 34.6 Å². The van der Waals surface area contributed by atoms with Gasteiger partial charge in [0, 0.05) is 36.7 Å². The van der Waals surface area contributed by atoms with Crippen molar-refractivity contribution in [2.45, 2.75) is 37.1 Å². The number of hydrogen-bond donors (Lipinski definition) is 1. The van der Waals surface area contributed by atoms with E-state index < -0.39 is 11.7 Å². The minimum absolute atomic E-state index is 0.165. The van der Waals surface area contributed by atoms with Crippen LogP contribution in [0.3, 0.4) is 0 Å². The van der Waals surface area contributed by atoms with Gasteiger partial charge in [-0.05, 0) is 48.2 Å². The van der Waals surface area contributed by atoms with Crippen LogP contribution in [0, 0.1) is 5.92 Å². The molecule has 3 aromatic carbocycles. The average Bonchev–Trinajstić information content (AvgIpc) is 3.46. The molecule has 4 unspecified atom stereocenters. The molecule has 1 N–H and O–H groups in total. The van der Waals surface area contributed by atoms with Gasteiger partial charge in [0.15, 0.2) is 0 Å². The monoisotopic (exact) mass is 466 g/mol. The molecule has 2 aliphatic heterocycles. The van der Waals surface area contributed by atoms with E-state index in [0.717, 1.165) is 25.6 Å². The summed E-state index contributed by atoms with van der Waals surface area (Å²) in [7, 11) is 1.50. The number of piperidine rings is 1. The number of alkyl halides is 3.